The highest BCUT2D eigenvalue weighted by molar-refractivity contribution is 5.85. The molecule has 0 heterocycles. The van der Waals surface area contributed by atoms with Gasteiger partial charge in [0.05, 0.1) is 12.6 Å². The maximum Gasteiger partial charge on any atom is 0.239 e. The molecule has 1 rings (SSSR count). The van der Waals surface area contributed by atoms with Crippen LogP contribution in [0.4, 0.5) is 0 Å². The van der Waals surface area contributed by atoms with Crippen LogP contribution in [0.25, 0.3) is 0 Å². The summed E-state index contributed by atoms with van der Waals surface area (Å²) in [6.45, 7) is 6.87. The highest BCUT2D eigenvalue weighted by Crippen LogP contribution is 2.19. The number of nitrogens with zero attached hydrogens (tertiary/aromatic N) is 1. The van der Waals surface area contributed by atoms with Crippen LogP contribution in [0, 0.1) is 0 Å². The molecule has 0 radical (unpaired) electrons. The first kappa shape index (κ1) is 24.4. The number of likely N-dealkylation sites (N-methyl/N-ethyl adjacent to an activating group) is 1. The maximum absolute atomic E-state index is 11.9. The zero-order valence-corrected chi connectivity index (χ0v) is 15.7. The van der Waals surface area contributed by atoms with Gasteiger partial charge in [0.25, 0.3) is 0 Å². The van der Waals surface area contributed by atoms with Crippen molar-refractivity contribution in [3.8, 4) is 0 Å². The lowest BCUT2D eigenvalue weighted by molar-refractivity contribution is -0.123. The van der Waals surface area contributed by atoms with Crippen LogP contribution in [0.5, 0.6) is 0 Å². The van der Waals surface area contributed by atoms with Crippen molar-refractivity contribution in [1.29, 1.82) is 0 Å². The van der Waals surface area contributed by atoms with Crippen LogP contribution >= 0.6 is 24.8 Å². The molecule has 134 valence electrons. The van der Waals surface area contributed by atoms with Gasteiger partial charge in [-0.1, -0.05) is 44.2 Å². The number of carbonyl (C=O) groups excluding carboxylic acids is 1. The fourth-order valence-electron chi connectivity index (χ4n) is 2.38. The summed E-state index contributed by atoms with van der Waals surface area (Å²) in [5, 5.41) is 2.93. The summed E-state index contributed by atoms with van der Waals surface area (Å²) in [4.78, 5) is 14.3. The van der Waals surface area contributed by atoms with E-state index in [0.717, 1.165) is 13.1 Å². The van der Waals surface area contributed by atoms with Crippen LogP contribution in [-0.2, 0) is 9.53 Å². The number of benzene rings is 1. The maximum atomic E-state index is 11.9. The Morgan fingerprint density at radius 2 is 1.78 bits per heavy atom. The predicted octanol–water partition coefficient (Wildman–Crippen LogP) is 2.00. The van der Waals surface area contributed by atoms with Crippen LogP contribution < -0.4 is 11.1 Å². The molecule has 1 amide bonds. The van der Waals surface area contributed by atoms with Gasteiger partial charge in [-0.3, -0.25) is 9.69 Å². The Labute approximate surface area is 151 Å². The fraction of sp³-hybridized carbons (Fsp3) is 0.562. The smallest absolute Gasteiger partial charge is 0.239 e. The molecule has 0 spiro atoms. The Morgan fingerprint density at radius 3 is 2.26 bits per heavy atom. The summed E-state index contributed by atoms with van der Waals surface area (Å²) in [6, 6.07) is 9.74. The van der Waals surface area contributed by atoms with E-state index in [0.29, 0.717) is 6.54 Å². The van der Waals surface area contributed by atoms with Gasteiger partial charge in [-0.05, 0) is 18.7 Å². The summed E-state index contributed by atoms with van der Waals surface area (Å²) in [5.41, 5.74) is 6.94. The van der Waals surface area contributed by atoms with Gasteiger partial charge in [0, 0.05) is 13.7 Å². The molecule has 23 heavy (non-hydrogen) atoms. The van der Waals surface area contributed by atoms with Crippen molar-refractivity contribution in [3.05, 3.63) is 35.9 Å². The van der Waals surface area contributed by atoms with E-state index < -0.39 is 6.04 Å². The first-order chi connectivity index (χ1) is 10.1. The number of carbonyl (C=O) groups is 1. The van der Waals surface area contributed by atoms with Gasteiger partial charge in [-0.25, -0.2) is 0 Å². The number of halogens is 2. The number of rotatable bonds is 9. The number of methoxy groups -OCH3 is 1. The number of hydrogen-bond acceptors (Lipinski definition) is 4. The molecule has 2 atom stereocenters. The predicted molar refractivity (Wildman–Crippen MR) is 99.5 cm³/mol. The summed E-state index contributed by atoms with van der Waals surface area (Å²) >= 11 is 0. The molecule has 5 nitrogen and oxygen atoms in total. The van der Waals surface area contributed by atoms with E-state index in [-0.39, 0.29) is 43.4 Å². The monoisotopic (exact) mass is 365 g/mol. The molecule has 3 N–H and O–H groups in total. The van der Waals surface area contributed by atoms with Crippen LogP contribution in [0.1, 0.15) is 25.5 Å². The third-order valence-electron chi connectivity index (χ3n) is 3.59. The van der Waals surface area contributed by atoms with Crippen LogP contribution in [0.15, 0.2) is 30.3 Å². The average Bonchev–Trinajstić information content (AvgIpc) is 2.52. The SMILES string of the molecule is CCN(CC)C(CNC(=O)C(N)COC)c1ccccc1.Cl.Cl. The summed E-state index contributed by atoms with van der Waals surface area (Å²) < 4.78 is 4.91. The van der Waals surface area contributed by atoms with E-state index in [9.17, 15) is 4.79 Å². The van der Waals surface area contributed by atoms with Crippen molar-refractivity contribution in [1.82, 2.24) is 10.2 Å². The van der Waals surface area contributed by atoms with Crippen molar-refractivity contribution in [2.75, 3.05) is 33.4 Å². The van der Waals surface area contributed by atoms with Gasteiger partial charge in [-0.15, -0.1) is 24.8 Å². The van der Waals surface area contributed by atoms with E-state index in [2.05, 4.69) is 36.2 Å². The van der Waals surface area contributed by atoms with Gasteiger partial charge < -0.3 is 15.8 Å². The molecule has 0 aliphatic heterocycles. The summed E-state index contributed by atoms with van der Waals surface area (Å²) in [6.07, 6.45) is 0. The van der Waals surface area contributed by atoms with E-state index in [1.54, 1.807) is 0 Å². The average molecular weight is 366 g/mol. The van der Waals surface area contributed by atoms with Crippen molar-refractivity contribution in [2.45, 2.75) is 25.9 Å². The standard InChI is InChI=1S/C16H27N3O2.2ClH/c1-4-19(5-2)15(13-9-7-6-8-10-13)11-18-16(20)14(17)12-21-3;;/h6-10,14-15H,4-5,11-12,17H2,1-3H3,(H,18,20);2*1H. The topological polar surface area (TPSA) is 67.6 Å². The molecule has 0 saturated heterocycles. The molecule has 0 aliphatic rings. The lowest BCUT2D eigenvalue weighted by atomic mass is 10.0. The van der Waals surface area contributed by atoms with Crippen molar-refractivity contribution in [2.24, 2.45) is 5.73 Å². The molecule has 0 aromatic heterocycles. The van der Waals surface area contributed by atoms with Gasteiger partial charge >= 0.3 is 0 Å². The highest BCUT2D eigenvalue weighted by atomic mass is 35.5. The molecule has 1 aromatic rings. The third-order valence-corrected chi connectivity index (χ3v) is 3.59. The van der Waals surface area contributed by atoms with E-state index in [1.165, 1.54) is 12.7 Å². The molecule has 0 saturated carbocycles. The first-order valence-corrected chi connectivity index (χ1v) is 7.45. The Balaban J connectivity index is 0. The molecule has 0 aliphatic carbocycles. The molecular weight excluding hydrogens is 337 g/mol. The van der Waals surface area contributed by atoms with Crippen molar-refractivity contribution >= 4 is 30.7 Å². The number of nitrogens with one attached hydrogen (secondary N) is 1. The molecule has 1 aromatic carbocycles. The van der Waals surface area contributed by atoms with E-state index in [1.807, 2.05) is 18.2 Å². The minimum atomic E-state index is -0.622. The second-order valence-electron chi connectivity index (χ2n) is 4.95. The van der Waals surface area contributed by atoms with Crippen LogP contribution in [-0.4, -0.2) is 50.2 Å². The number of amides is 1. The normalized spacial score (nSPS) is 12.7. The second-order valence-corrected chi connectivity index (χ2v) is 4.95. The fourth-order valence-corrected chi connectivity index (χ4v) is 2.38. The first-order valence-electron chi connectivity index (χ1n) is 7.45. The van der Waals surface area contributed by atoms with Gasteiger partial charge in [0.2, 0.25) is 5.91 Å². The van der Waals surface area contributed by atoms with Gasteiger partial charge in [-0.2, -0.15) is 0 Å². The lowest BCUT2D eigenvalue weighted by Crippen LogP contribution is -2.46. The Kier molecular flexibility index (Phi) is 14.4. The Bertz CT molecular complexity index is 417. The van der Waals surface area contributed by atoms with Crippen LogP contribution in [0.3, 0.4) is 0 Å². The Hall–Kier alpha value is -0.850. The zero-order chi connectivity index (χ0) is 15.7. The van der Waals surface area contributed by atoms with Gasteiger partial charge in [0.15, 0.2) is 0 Å². The molecule has 7 heteroatoms. The highest BCUT2D eigenvalue weighted by Gasteiger charge is 2.20. The number of nitrogens with two attached hydrogens (primary N) is 1. The molecule has 0 bridgehead atoms. The van der Waals surface area contributed by atoms with Crippen LogP contribution in [0.2, 0.25) is 0 Å². The third kappa shape index (κ3) is 7.99. The number of hydrogen-bond donors (Lipinski definition) is 2. The van der Waals surface area contributed by atoms with E-state index in [4.69, 9.17) is 10.5 Å². The quantitative estimate of drug-likeness (QED) is 0.702. The lowest BCUT2D eigenvalue weighted by Gasteiger charge is -2.30. The molecular formula is C16H29Cl2N3O2. The number of ether oxygens (including phenoxy) is 1. The minimum Gasteiger partial charge on any atom is -0.383 e. The molecule has 0 fully saturated rings. The van der Waals surface area contributed by atoms with E-state index >= 15 is 0 Å². The zero-order valence-electron chi connectivity index (χ0n) is 14.0. The minimum absolute atomic E-state index is 0. The summed E-state index contributed by atoms with van der Waals surface area (Å²) in [5.74, 6) is -0.176. The Morgan fingerprint density at radius 1 is 1.22 bits per heavy atom. The largest absolute Gasteiger partial charge is 0.383 e. The van der Waals surface area contributed by atoms with Crippen molar-refractivity contribution < 1.29 is 9.53 Å². The molecule has 2 unspecified atom stereocenters. The van der Waals surface area contributed by atoms with Gasteiger partial charge in [0.1, 0.15) is 6.04 Å². The van der Waals surface area contributed by atoms with Crippen molar-refractivity contribution in [3.63, 3.8) is 0 Å². The summed E-state index contributed by atoms with van der Waals surface area (Å²) in [7, 11) is 1.54. The second kappa shape index (κ2) is 13.6.